The molecule has 100 valence electrons. The molecule has 0 radical (unpaired) electrons. The van der Waals surface area contributed by atoms with Crippen molar-refractivity contribution in [3.63, 3.8) is 0 Å². The number of nitrogens with zero attached hydrogens (tertiary/aromatic N) is 1. The van der Waals surface area contributed by atoms with E-state index in [1.54, 1.807) is 7.11 Å². The van der Waals surface area contributed by atoms with Crippen molar-refractivity contribution in [1.29, 1.82) is 0 Å². The monoisotopic (exact) mass is 248 g/mol. The number of benzene rings is 1. The number of hydrogen-bond donors (Lipinski definition) is 1. The summed E-state index contributed by atoms with van der Waals surface area (Å²) in [7, 11) is 3.89. The number of likely N-dealkylation sites (tertiary alicyclic amines) is 1. The summed E-state index contributed by atoms with van der Waals surface area (Å²) >= 11 is 0. The zero-order valence-electron chi connectivity index (χ0n) is 11.6. The zero-order valence-corrected chi connectivity index (χ0v) is 11.6. The number of aryl methyl sites for hydroxylation is 1. The van der Waals surface area contributed by atoms with Gasteiger partial charge in [0, 0.05) is 12.1 Å². The Morgan fingerprint density at radius 1 is 1.33 bits per heavy atom. The van der Waals surface area contributed by atoms with Gasteiger partial charge in [-0.25, -0.2) is 0 Å². The first-order chi connectivity index (χ1) is 8.63. The summed E-state index contributed by atoms with van der Waals surface area (Å²) < 4.78 is 5.32. The standard InChI is InChI=1S/C15H24N2O/c1-11-10-12(7-8-14(11)18-3)15-13(16)6-4-5-9-17(15)2/h7-8,10,13,15H,4-6,9,16H2,1-3H3. The first-order valence-electron chi connectivity index (χ1n) is 6.74. The third-order valence-corrected chi connectivity index (χ3v) is 3.94. The minimum atomic E-state index is 0.227. The highest BCUT2D eigenvalue weighted by Crippen LogP contribution is 2.30. The lowest BCUT2D eigenvalue weighted by atomic mass is 9.95. The molecular formula is C15H24N2O. The van der Waals surface area contributed by atoms with Gasteiger partial charge in [-0.15, -0.1) is 0 Å². The molecule has 1 aromatic carbocycles. The van der Waals surface area contributed by atoms with Crippen LogP contribution in [0.2, 0.25) is 0 Å². The van der Waals surface area contributed by atoms with E-state index in [0.29, 0.717) is 6.04 Å². The van der Waals surface area contributed by atoms with Crippen molar-refractivity contribution in [2.75, 3.05) is 20.7 Å². The average Bonchev–Trinajstić information content (AvgIpc) is 2.50. The van der Waals surface area contributed by atoms with Crippen LogP contribution in [0.5, 0.6) is 5.75 Å². The Balaban J connectivity index is 2.30. The molecule has 1 aromatic rings. The number of ether oxygens (including phenoxy) is 1. The first kappa shape index (κ1) is 13.4. The zero-order chi connectivity index (χ0) is 13.1. The average molecular weight is 248 g/mol. The van der Waals surface area contributed by atoms with Gasteiger partial charge in [0.15, 0.2) is 0 Å². The molecule has 1 heterocycles. The molecule has 0 aliphatic carbocycles. The van der Waals surface area contributed by atoms with E-state index in [0.717, 1.165) is 18.7 Å². The molecule has 1 saturated heterocycles. The van der Waals surface area contributed by atoms with Crippen LogP contribution in [0.3, 0.4) is 0 Å². The molecule has 3 heteroatoms. The lowest BCUT2D eigenvalue weighted by Gasteiger charge is -2.31. The maximum absolute atomic E-state index is 6.35. The van der Waals surface area contributed by atoms with Gasteiger partial charge in [0.25, 0.3) is 0 Å². The second kappa shape index (κ2) is 5.72. The number of nitrogens with two attached hydrogens (primary N) is 1. The third kappa shape index (κ3) is 2.68. The highest BCUT2D eigenvalue weighted by atomic mass is 16.5. The Kier molecular flexibility index (Phi) is 4.25. The van der Waals surface area contributed by atoms with E-state index in [2.05, 4.69) is 37.1 Å². The van der Waals surface area contributed by atoms with Crippen molar-refractivity contribution in [2.24, 2.45) is 5.73 Å². The van der Waals surface area contributed by atoms with Gasteiger partial charge < -0.3 is 10.5 Å². The van der Waals surface area contributed by atoms with Crippen molar-refractivity contribution in [3.05, 3.63) is 29.3 Å². The minimum absolute atomic E-state index is 0.227. The first-order valence-corrected chi connectivity index (χ1v) is 6.74. The molecule has 0 aromatic heterocycles. The summed E-state index contributed by atoms with van der Waals surface area (Å²) in [6.07, 6.45) is 3.59. The van der Waals surface area contributed by atoms with E-state index in [4.69, 9.17) is 10.5 Å². The Morgan fingerprint density at radius 3 is 2.78 bits per heavy atom. The quantitative estimate of drug-likeness (QED) is 0.874. The van der Waals surface area contributed by atoms with Gasteiger partial charge in [0.1, 0.15) is 5.75 Å². The molecule has 0 bridgehead atoms. The Labute approximate surface area is 110 Å². The predicted molar refractivity (Wildman–Crippen MR) is 74.9 cm³/mol. The topological polar surface area (TPSA) is 38.5 Å². The fraction of sp³-hybridized carbons (Fsp3) is 0.600. The van der Waals surface area contributed by atoms with E-state index in [9.17, 15) is 0 Å². The summed E-state index contributed by atoms with van der Waals surface area (Å²) in [5.41, 5.74) is 8.84. The molecular weight excluding hydrogens is 224 g/mol. The summed E-state index contributed by atoms with van der Waals surface area (Å²) in [6, 6.07) is 6.97. The van der Waals surface area contributed by atoms with Crippen LogP contribution < -0.4 is 10.5 Å². The normalized spacial score (nSPS) is 25.8. The number of rotatable bonds is 2. The molecule has 2 unspecified atom stereocenters. The van der Waals surface area contributed by atoms with Crippen LogP contribution in [0.1, 0.15) is 36.4 Å². The summed E-state index contributed by atoms with van der Waals surface area (Å²) in [5, 5.41) is 0. The lowest BCUT2D eigenvalue weighted by molar-refractivity contribution is 0.230. The Bertz CT molecular complexity index is 393. The smallest absolute Gasteiger partial charge is 0.121 e. The second-order valence-corrected chi connectivity index (χ2v) is 5.31. The van der Waals surface area contributed by atoms with Crippen LogP contribution in [-0.4, -0.2) is 31.6 Å². The fourth-order valence-corrected chi connectivity index (χ4v) is 2.95. The van der Waals surface area contributed by atoms with Gasteiger partial charge in [0.05, 0.1) is 7.11 Å². The van der Waals surface area contributed by atoms with Crippen molar-refractivity contribution >= 4 is 0 Å². The van der Waals surface area contributed by atoms with E-state index < -0.39 is 0 Å². The van der Waals surface area contributed by atoms with Crippen molar-refractivity contribution < 1.29 is 4.74 Å². The summed E-state index contributed by atoms with van der Waals surface area (Å²) in [4.78, 5) is 2.39. The predicted octanol–water partition coefficient (Wildman–Crippen LogP) is 2.49. The van der Waals surface area contributed by atoms with E-state index in [1.165, 1.54) is 24.0 Å². The van der Waals surface area contributed by atoms with Crippen LogP contribution in [0, 0.1) is 6.92 Å². The van der Waals surface area contributed by atoms with Gasteiger partial charge in [-0.05, 0) is 50.6 Å². The molecule has 0 saturated carbocycles. The van der Waals surface area contributed by atoms with Crippen LogP contribution >= 0.6 is 0 Å². The minimum Gasteiger partial charge on any atom is -0.496 e. The maximum atomic E-state index is 6.35. The maximum Gasteiger partial charge on any atom is 0.121 e. The van der Waals surface area contributed by atoms with Crippen LogP contribution in [0.4, 0.5) is 0 Å². The molecule has 2 N–H and O–H groups in total. The number of likely N-dealkylation sites (N-methyl/N-ethyl adjacent to an activating group) is 1. The van der Waals surface area contributed by atoms with Crippen molar-refractivity contribution in [2.45, 2.75) is 38.3 Å². The highest BCUT2D eigenvalue weighted by molar-refractivity contribution is 5.38. The van der Waals surface area contributed by atoms with Gasteiger partial charge in [0.2, 0.25) is 0 Å². The van der Waals surface area contributed by atoms with Crippen LogP contribution in [0.25, 0.3) is 0 Å². The van der Waals surface area contributed by atoms with Crippen molar-refractivity contribution in [1.82, 2.24) is 4.90 Å². The molecule has 2 atom stereocenters. The molecule has 3 nitrogen and oxygen atoms in total. The summed E-state index contributed by atoms with van der Waals surface area (Å²) in [5.74, 6) is 0.948. The third-order valence-electron chi connectivity index (χ3n) is 3.94. The molecule has 1 aliphatic heterocycles. The van der Waals surface area contributed by atoms with E-state index in [-0.39, 0.29) is 6.04 Å². The molecule has 18 heavy (non-hydrogen) atoms. The molecule has 1 fully saturated rings. The fourth-order valence-electron chi connectivity index (χ4n) is 2.95. The van der Waals surface area contributed by atoms with E-state index >= 15 is 0 Å². The largest absolute Gasteiger partial charge is 0.496 e. The van der Waals surface area contributed by atoms with Gasteiger partial charge >= 0.3 is 0 Å². The highest BCUT2D eigenvalue weighted by Gasteiger charge is 2.26. The van der Waals surface area contributed by atoms with Gasteiger partial charge in [-0.2, -0.15) is 0 Å². The van der Waals surface area contributed by atoms with Crippen molar-refractivity contribution in [3.8, 4) is 5.75 Å². The SMILES string of the molecule is COc1ccc(C2C(N)CCCCN2C)cc1C. The van der Waals surface area contributed by atoms with Crippen LogP contribution in [-0.2, 0) is 0 Å². The molecule has 2 rings (SSSR count). The van der Waals surface area contributed by atoms with Crippen LogP contribution in [0.15, 0.2) is 18.2 Å². The molecule has 0 amide bonds. The van der Waals surface area contributed by atoms with E-state index in [1.807, 2.05) is 0 Å². The molecule has 1 aliphatic rings. The Morgan fingerprint density at radius 2 is 2.11 bits per heavy atom. The number of hydrogen-bond acceptors (Lipinski definition) is 3. The van der Waals surface area contributed by atoms with Gasteiger partial charge in [-0.3, -0.25) is 4.90 Å². The second-order valence-electron chi connectivity index (χ2n) is 5.31. The van der Waals surface area contributed by atoms with Gasteiger partial charge in [-0.1, -0.05) is 18.6 Å². The Hall–Kier alpha value is -1.06. The summed E-state index contributed by atoms with van der Waals surface area (Å²) in [6.45, 7) is 3.22. The number of methoxy groups -OCH3 is 1. The molecule has 0 spiro atoms. The lowest BCUT2D eigenvalue weighted by Crippen LogP contribution is -2.37.